The highest BCUT2D eigenvalue weighted by Gasteiger charge is 2.12. The molecule has 0 saturated carbocycles. The summed E-state index contributed by atoms with van der Waals surface area (Å²) in [7, 11) is 0. The van der Waals surface area contributed by atoms with Crippen LogP contribution in [0.2, 0.25) is 0 Å². The SMILES string of the molecule is CCNc1cc(C(C)C)nc(-c2ccoc2C)n1. The van der Waals surface area contributed by atoms with E-state index in [1.54, 1.807) is 6.26 Å². The van der Waals surface area contributed by atoms with Gasteiger partial charge in [-0.05, 0) is 25.8 Å². The van der Waals surface area contributed by atoms with E-state index in [-0.39, 0.29) is 0 Å². The summed E-state index contributed by atoms with van der Waals surface area (Å²) >= 11 is 0. The number of aryl methyl sites for hydroxylation is 1. The van der Waals surface area contributed by atoms with Crippen molar-refractivity contribution in [1.82, 2.24) is 9.97 Å². The van der Waals surface area contributed by atoms with Gasteiger partial charge >= 0.3 is 0 Å². The van der Waals surface area contributed by atoms with E-state index in [1.165, 1.54) is 0 Å². The zero-order chi connectivity index (χ0) is 13.1. The molecule has 4 heteroatoms. The minimum atomic E-state index is 0.372. The Bertz CT molecular complexity index is 532. The van der Waals surface area contributed by atoms with Crippen LogP contribution in [0.25, 0.3) is 11.4 Å². The maximum Gasteiger partial charge on any atom is 0.165 e. The van der Waals surface area contributed by atoms with Crippen molar-refractivity contribution >= 4 is 5.82 Å². The first-order valence-corrected chi connectivity index (χ1v) is 6.29. The minimum Gasteiger partial charge on any atom is -0.469 e. The first-order chi connectivity index (χ1) is 8.61. The highest BCUT2D eigenvalue weighted by Crippen LogP contribution is 2.24. The molecule has 0 bridgehead atoms. The third-order valence-electron chi connectivity index (χ3n) is 2.80. The number of hydrogen-bond acceptors (Lipinski definition) is 4. The summed E-state index contributed by atoms with van der Waals surface area (Å²) in [6.07, 6.45) is 1.67. The number of anilines is 1. The number of hydrogen-bond donors (Lipinski definition) is 1. The second-order valence-corrected chi connectivity index (χ2v) is 4.58. The lowest BCUT2D eigenvalue weighted by atomic mass is 10.1. The van der Waals surface area contributed by atoms with Gasteiger partial charge in [0.05, 0.1) is 11.8 Å². The van der Waals surface area contributed by atoms with Crippen molar-refractivity contribution in [3.05, 3.63) is 29.9 Å². The summed E-state index contributed by atoms with van der Waals surface area (Å²) in [4.78, 5) is 9.13. The Morgan fingerprint density at radius 1 is 1.33 bits per heavy atom. The van der Waals surface area contributed by atoms with Crippen molar-refractivity contribution in [2.24, 2.45) is 0 Å². The Labute approximate surface area is 107 Å². The first-order valence-electron chi connectivity index (χ1n) is 6.29. The molecule has 0 aliphatic rings. The molecule has 18 heavy (non-hydrogen) atoms. The van der Waals surface area contributed by atoms with Crippen LogP contribution in [0.5, 0.6) is 0 Å². The van der Waals surface area contributed by atoms with Gasteiger partial charge < -0.3 is 9.73 Å². The summed E-state index contributed by atoms with van der Waals surface area (Å²) < 4.78 is 5.32. The largest absolute Gasteiger partial charge is 0.469 e. The van der Waals surface area contributed by atoms with Crippen molar-refractivity contribution in [2.45, 2.75) is 33.6 Å². The quantitative estimate of drug-likeness (QED) is 0.894. The molecule has 4 nitrogen and oxygen atoms in total. The molecule has 0 amide bonds. The summed E-state index contributed by atoms with van der Waals surface area (Å²) in [5.41, 5.74) is 1.99. The second-order valence-electron chi connectivity index (χ2n) is 4.58. The molecular weight excluding hydrogens is 226 g/mol. The average molecular weight is 245 g/mol. The molecule has 96 valence electrons. The van der Waals surface area contributed by atoms with Gasteiger partial charge in [0.15, 0.2) is 5.82 Å². The van der Waals surface area contributed by atoms with Gasteiger partial charge in [0.2, 0.25) is 0 Å². The number of aromatic nitrogens is 2. The van der Waals surface area contributed by atoms with Crippen LogP contribution in [0.4, 0.5) is 5.82 Å². The molecule has 2 heterocycles. The monoisotopic (exact) mass is 245 g/mol. The van der Waals surface area contributed by atoms with Gasteiger partial charge in [-0.25, -0.2) is 9.97 Å². The third-order valence-corrected chi connectivity index (χ3v) is 2.80. The number of rotatable bonds is 4. The molecule has 0 aliphatic carbocycles. The highest BCUT2D eigenvalue weighted by molar-refractivity contribution is 5.59. The summed E-state index contributed by atoms with van der Waals surface area (Å²) in [5.74, 6) is 2.81. The highest BCUT2D eigenvalue weighted by atomic mass is 16.3. The summed E-state index contributed by atoms with van der Waals surface area (Å²) in [5, 5.41) is 3.24. The predicted molar refractivity (Wildman–Crippen MR) is 72.7 cm³/mol. The Balaban J connectivity index is 2.50. The molecule has 0 fully saturated rings. The summed E-state index contributed by atoms with van der Waals surface area (Å²) in [6.45, 7) is 9.08. The topological polar surface area (TPSA) is 51.0 Å². The van der Waals surface area contributed by atoms with E-state index in [0.29, 0.717) is 5.92 Å². The lowest BCUT2D eigenvalue weighted by molar-refractivity contribution is 0.535. The molecule has 0 atom stereocenters. The van der Waals surface area contributed by atoms with Gasteiger partial charge in [-0.2, -0.15) is 0 Å². The number of nitrogens with one attached hydrogen (secondary N) is 1. The zero-order valence-corrected chi connectivity index (χ0v) is 11.3. The molecule has 0 spiro atoms. The van der Waals surface area contributed by atoms with Gasteiger partial charge in [0, 0.05) is 18.3 Å². The van der Waals surface area contributed by atoms with Crippen molar-refractivity contribution in [3.8, 4) is 11.4 Å². The van der Waals surface area contributed by atoms with Crippen LogP contribution in [-0.2, 0) is 0 Å². The minimum absolute atomic E-state index is 0.372. The van der Waals surface area contributed by atoms with Crippen LogP contribution in [0.1, 0.15) is 38.1 Å². The Morgan fingerprint density at radius 3 is 2.67 bits per heavy atom. The number of furan rings is 1. The molecule has 2 aromatic rings. The molecule has 2 rings (SSSR count). The van der Waals surface area contributed by atoms with Crippen LogP contribution in [0.3, 0.4) is 0 Å². The lowest BCUT2D eigenvalue weighted by Gasteiger charge is -2.10. The van der Waals surface area contributed by atoms with Gasteiger partial charge in [-0.1, -0.05) is 13.8 Å². The van der Waals surface area contributed by atoms with Crippen LogP contribution in [0, 0.1) is 6.92 Å². The maximum atomic E-state index is 5.32. The van der Waals surface area contributed by atoms with Crippen molar-refractivity contribution in [2.75, 3.05) is 11.9 Å². The van der Waals surface area contributed by atoms with Gasteiger partial charge in [0.25, 0.3) is 0 Å². The van der Waals surface area contributed by atoms with E-state index >= 15 is 0 Å². The van der Waals surface area contributed by atoms with Crippen molar-refractivity contribution in [1.29, 1.82) is 0 Å². The first kappa shape index (κ1) is 12.6. The fourth-order valence-corrected chi connectivity index (χ4v) is 1.77. The van der Waals surface area contributed by atoms with Crippen LogP contribution < -0.4 is 5.32 Å². The standard InChI is InChI=1S/C14H19N3O/c1-5-15-13-8-12(9(2)3)16-14(17-13)11-6-7-18-10(11)4/h6-9H,5H2,1-4H3,(H,15,16,17). The maximum absolute atomic E-state index is 5.32. The van der Waals surface area contributed by atoms with E-state index in [1.807, 2.05) is 19.1 Å². The van der Waals surface area contributed by atoms with Crippen LogP contribution in [-0.4, -0.2) is 16.5 Å². The molecule has 2 aromatic heterocycles. The fraction of sp³-hybridized carbons (Fsp3) is 0.429. The molecule has 1 N–H and O–H groups in total. The predicted octanol–water partition coefficient (Wildman–Crippen LogP) is 3.60. The number of nitrogens with zero attached hydrogens (tertiary/aromatic N) is 2. The molecule has 0 aliphatic heterocycles. The van der Waals surface area contributed by atoms with Crippen LogP contribution >= 0.6 is 0 Å². The van der Waals surface area contributed by atoms with E-state index in [4.69, 9.17) is 4.42 Å². The second kappa shape index (κ2) is 5.21. The third kappa shape index (κ3) is 2.53. The fourth-order valence-electron chi connectivity index (χ4n) is 1.77. The van der Waals surface area contributed by atoms with Gasteiger partial charge in [-0.3, -0.25) is 0 Å². The molecule has 0 radical (unpaired) electrons. The van der Waals surface area contributed by atoms with E-state index < -0.39 is 0 Å². The van der Waals surface area contributed by atoms with Crippen molar-refractivity contribution < 1.29 is 4.42 Å². The van der Waals surface area contributed by atoms with Crippen molar-refractivity contribution in [3.63, 3.8) is 0 Å². The Kier molecular flexibility index (Phi) is 3.65. The van der Waals surface area contributed by atoms with Gasteiger partial charge in [0.1, 0.15) is 11.6 Å². The van der Waals surface area contributed by atoms with E-state index in [2.05, 4.69) is 36.1 Å². The summed E-state index contributed by atoms with van der Waals surface area (Å²) in [6, 6.07) is 3.91. The Morgan fingerprint density at radius 2 is 2.11 bits per heavy atom. The smallest absolute Gasteiger partial charge is 0.165 e. The molecular formula is C14H19N3O. The van der Waals surface area contributed by atoms with Gasteiger partial charge in [-0.15, -0.1) is 0 Å². The van der Waals surface area contributed by atoms with Crippen LogP contribution in [0.15, 0.2) is 22.8 Å². The Hall–Kier alpha value is -1.84. The molecule has 0 aromatic carbocycles. The normalized spacial score (nSPS) is 10.9. The zero-order valence-electron chi connectivity index (χ0n) is 11.3. The lowest BCUT2D eigenvalue weighted by Crippen LogP contribution is -2.05. The van der Waals surface area contributed by atoms with E-state index in [0.717, 1.165) is 35.2 Å². The molecule has 0 unspecified atom stereocenters. The average Bonchev–Trinajstić information content (AvgIpc) is 2.75. The van der Waals surface area contributed by atoms with E-state index in [9.17, 15) is 0 Å². The molecule has 0 saturated heterocycles.